The van der Waals surface area contributed by atoms with Gasteiger partial charge in [-0.2, -0.15) is 0 Å². The highest BCUT2D eigenvalue weighted by Gasteiger charge is 2.82. The van der Waals surface area contributed by atoms with E-state index >= 15 is 0 Å². The molecule has 6 N–H and O–H groups in total. The van der Waals surface area contributed by atoms with Crippen molar-refractivity contribution in [1.29, 1.82) is 0 Å². The van der Waals surface area contributed by atoms with Crippen LogP contribution in [0.3, 0.4) is 0 Å². The van der Waals surface area contributed by atoms with Gasteiger partial charge in [0.1, 0.15) is 11.9 Å². The van der Waals surface area contributed by atoms with Crippen molar-refractivity contribution in [3.8, 4) is 0 Å². The second kappa shape index (κ2) is 11.2. The molecule has 9 heteroatoms. The van der Waals surface area contributed by atoms with Crippen molar-refractivity contribution >= 4 is 12.3 Å². The van der Waals surface area contributed by atoms with E-state index in [1.807, 2.05) is 7.05 Å². The summed E-state index contributed by atoms with van der Waals surface area (Å²) in [4.78, 5) is 26.6. The van der Waals surface area contributed by atoms with E-state index in [0.717, 1.165) is 62.6 Å². The number of hydrogen-bond donors (Lipinski definition) is 6. The van der Waals surface area contributed by atoms with Gasteiger partial charge in [-0.25, -0.2) is 4.79 Å². The minimum absolute atomic E-state index is 0.0869. The summed E-state index contributed by atoms with van der Waals surface area (Å²) in [7, 11) is 1.92. The molecular weight excluding hydrogens is 584 g/mol. The van der Waals surface area contributed by atoms with Crippen molar-refractivity contribution < 1.29 is 34.8 Å². The molecule has 1 heterocycles. The van der Waals surface area contributed by atoms with Crippen LogP contribution in [0.5, 0.6) is 0 Å². The van der Waals surface area contributed by atoms with Gasteiger partial charge in [-0.15, -0.1) is 0 Å². The highest BCUT2D eigenvalue weighted by atomic mass is 16.6. The highest BCUT2D eigenvalue weighted by Crippen LogP contribution is 2.77. The third kappa shape index (κ3) is 4.14. The lowest BCUT2D eigenvalue weighted by Gasteiger charge is -2.71. The first-order chi connectivity index (χ1) is 21.9. The number of esters is 1. The van der Waals surface area contributed by atoms with Crippen LogP contribution in [0.2, 0.25) is 0 Å². The van der Waals surface area contributed by atoms with Gasteiger partial charge in [0.05, 0.1) is 22.7 Å². The van der Waals surface area contributed by atoms with Crippen molar-refractivity contribution in [1.82, 2.24) is 10.6 Å². The highest BCUT2D eigenvalue weighted by molar-refractivity contribution is 5.88. The molecule has 7 rings (SSSR count). The van der Waals surface area contributed by atoms with E-state index in [4.69, 9.17) is 4.74 Å². The predicted molar refractivity (Wildman–Crippen MR) is 172 cm³/mol. The second-order valence-corrected chi connectivity index (χ2v) is 16.8. The summed E-state index contributed by atoms with van der Waals surface area (Å²) in [5.74, 6) is -1.26. The fourth-order valence-electron chi connectivity index (χ4n) is 12.6. The number of carbonyl (C=O) groups excluding carboxylic acids is 2. The van der Waals surface area contributed by atoms with Gasteiger partial charge in [-0.3, -0.25) is 0 Å². The summed E-state index contributed by atoms with van der Waals surface area (Å²) >= 11 is 0. The molecule has 0 aromatic rings. The molecule has 0 radical (unpaired) electrons. The summed E-state index contributed by atoms with van der Waals surface area (Å²) in [6, 6.07) is 0. The number of carbonyl (C=O) groups is 2. The zero-order valence-electron chi connectivity index (χ0n) is 28.0. The molecule has 1 aliphatic heterocycles. The SMILES string of the molecule is CNCCNCC1=CC2CC3(O)C4(O)CC(CCC(C)C)C5(O)CC(O)CCC5(C=O)C4CCC34CCCCC13OC(=O)C=C3C24. The minimum atomic E-state index is -1.61. The first-order valence-electron chi connectivity index (χ1n) is 18.2. The van der Waals surface area contributed by atoms with Crippen molar-refractivity contribution in [3.05, 3.63) is 23.3 Å². The van der Waals surface area contributed by atoms with Gasteiger partial charge in [0.25, 0.3) is 0 Å². The Morgan fingerprint density at radius 2 is 1.80 bits per heavy atom. The van der Waals surface area contributed by atoms with Crippen molar-refractivity contribution in [3.63, 3.8) is 0 Å². The fourth-order valence-corrected chi connectivity index (χ4v) is 12.6. The topological polar surface area (TPSA) is 148 Å². The third-order valence-electron chi connectivity index (χ3n) is 14.5. The van der Waals surface area contributed by atoms with Gasteiger partial charge < -0.3 is 40.6 Å². The Balaban J connectivity index is 1.36. The molecule has 46 heavy (non-hydrogen) atoms. The summed E-state index contributed by atoms with van der Waals surface area (Å²) in [5.41, 5.74) is -5.31. The molecule has 1 spiro atoms. The quantitative estimate of drug-likeness (QED) is 0.0969. The van der Waals surface area contributed by atoms with E-state index in [9.17, 15) is 30.0 Å². The van der Waals surface area contributed by atoms with Crippen LogP contribution in [0.15, 0.2) is 23.3 Å². The molecule has 0 aromatic heterocycles. The van der Waals surface area contributed by atoms with E-state index < -0.39 is 51.2 Å². The molecule has 256 valence electrons. The maximum absolute atomic E-state index is 13.5. The van der Waals surface area contributed by atoms with Crippen LogP contribution in [0.4, 0.5) is 0 Å². The second-order valence-electron chi connectivity index (χ2n) is 16.8. The molecule has 7 aliphatic rings. The fraction of sp³-hybridized carbons (Fsp3) is 0.838. The van der Waals surface area contributed by atoms with E-state index in [-0.39, 0.29) is 30.6 Å². The van der Waals surface area contributed by atoms with Gasteiger partial charge in [-0.05, 0) is 106 Å². The number of aliphatic hydroxyl groups is 4. The van der Waals surface area contributed by atoms with Gasteiger partial charge >= 0.3 is 5.97 Å². The van der Waals surface area contributed by atoms with Gasteiger partial charge in [0, 0.05) is 43.5 Å². The average molecular weight is 641 g/mol. The lowest BCUT2D eigenvalue weighted by molar-refractivity contribution is -0.334. The Morgan fingerprint density at radius 1 is 1.02 bits per heavy atom. The number of aldehydes is 1. The minimum Gasteiger partial charge on any atom is -0.447 e. The Bertz CT molecular complexity index is 1320. The predicted octanol–water partition coefficient (Wildman–Crippen LogP) is 2.94. The summed E-state index contributed by atoms with van der Waals surface area (Å²) < 4.78 is 6.29. The van der Waals surface area contributed by atoms with E-state index in [1.165, 1.54) is 0 Å². The molecule has 11 atom stereocenters. The average Bonchev–Trinajstić information content (AvgIpc) is 3.46. The number of aliphatic hydroxyl groups excluding tert-OH is 1. The van der Waals surface area contributed by atoms with Crippen LogP contribution in [-0.2, 0) is 14.3 Å². The number of likely N-dealkylation sites (N-methyl/N-ethyl adjacent to an activating group) is 1. The monoisotopic (exact) mass is 640 g/mol. The number of allylic oxidation sites excluding steroid dienone is 1. The Hall–Kier alpha value is -1.62. The number of ether oxygens (including phenoxy) is 1. The maximum Gasteiger partial charge on any atom is 0.332 e. The molecule has 0 saturated heterocycles. The molecule has 9 nitrogen and oxygen atoms in total. The number of fused-ring (bicyclic) bond motifs is 4. The van der Waals surface area contributed by atoms with Gasteiger partial charge in [-0.1, -0.05) is 32.8 Å². The number of nitrogens with one attached hydrogen (secondary N) is 2. The van der Waals surface area contributed by atoms with Crippen LogP contribution < -0.4 is 10.6 Å². The first kappa shape index (κ1) is 32.9. The van der Waals surface area contributed by atoms with Crippen LogP contribution in [0.1, 0.15) is 97.3 Å². The molecule has 5 saturated carbocycles. The molecule has 11 unspecified atom stereocenters. The van der Waals surface area contributed by atoms with E-state index in [1.54, 1.807) is 6.08 Å². The molecule has 5 fully saturated rings. The Labute approximate surface area is 273 Å². The Morgan fingerprint density at radius 3 is 2.54 bits per heavy atom. The lowest BCUT2D eigenvalue weighted by Crippen LogP contribution is -2.79. The molecule has 6 aliphatic carbocycles. The largest absolute Gasteiger partial charge is 0.447 e. The van der Waals surface area contributed by atoms with Crippen molar-refractivity contribution in [2.75, 3.05) is 26.7 Å². The number of hydrogen-bond acceptors (Lipinski definition) is 9. The van der Waals surface area contributed by atoms with E-state index in [2.05, 4.69) is 30.6 Å². The van der Waals surface area contributed by atoms with Crippen LogP contribution in [0.25, 0.3) is 0 Å². The van der Waals surface area contributed by atoms with Crippen LogP contribution >= 0.6 is 0 Å². The van der Waals surface area contributed by atoms with E-state index in [0.29, 0.717) is 51.0 Å². The molecular formula is C37H56N2O7. The summed E-state index contributed by atoms with van der Waals surface area (Å²) in [6.45, 7) is 6.42. The van der Waals surface area contributed by atoms with Gasteiger partial charge in [0.2, 0.25) is 0 Å². The normalized spacial score (nSPS) is 49.0. The van der Waals surface area contributed by atoms with Crippen LogP contribution in [0, 0.1) is 40.4 Å². The Kier molecular flexibility index (Phi) is 8.02. The van der Waals surface area contributed by atoms with Crippen molar-refractivity contribution in [2.24, 2.45) is 40.4 Å². The zero-order valence-corrected chi connectivity index (χ0v) is 28.0. The lowest BCUT2D eigenvalue weighted by atomic mass is 9.37. The van der Waals surface area contributed by atoms with Crippen LogP contribution in [-0.4, -0.2) is 87.9 Å². The third-order valence-corrected chi connectivity index (χ3v) is 14.5. The van der Waals surface area contributed by atoms with Gasteiger partial charge in [0.15, 0.2) is 5.60 Å². The smallest absolute Gasteiger partial charge is 0.332 e. The molecule has 0 aromatic carbocycles. The summed E-state index contributed by atoms with van der Waals surface area (Å²) in [6.07, 6.45) is 11.2. The first-order valence-corrected chi connectivity index (χ1v) is 18.2. The maximum atomic E-state index is 13.5. The number of rotatable bonds is 9. The van der Waals surface area contributed by atoms with Crippen molar-refractivity contribution in [2.45, 2.75) is 126 Å². The molecule has 2 bridgehead atoms. The molecule has 0 amide bonds. The standard InChI is InChI=1S/C37H56N2O7/c1-23(2)6-7-25-19-36(44)29(33(22-40)12-8-27(41)20-35(25,33)43)9-13-32-10-4-5-11-34-26(21-39-15-14-38-3)16-24(18-37(32,36)45)31(32)28(34)17-30(42)46-34/h16-17,22-25,27,29,31,38-39,41,43-45H,4-15,18-21H2,1-3H3. The summed E-state index contributed by atoms with van der Waals surface area (Å²) in [5, 5.41) is 57.1. The zero-order chi connectivity index (χ0) is 32.8.